The minimum Gasteiger partial charge on any atom is -0.490 e. The molecule has 3 rings (SSSR count). The van der Waals surface area contributed by atoms with E-state index in [9.17, 15) is 5.11 Å². The summed E-state index contributed by atoms with van der Waals surface area (Å²) in [6.45, 7) is 3.14. The van der Waals surface area contributed by atoms with Gasteiger partial charge in [0.2, 0.25) is 0 Å². The molecule has 1 atom stereocenters. The average molecular weight is 441 g/mol. The maximum Gasteiger partial charge on any atom is 0.122 e. The zero-order valence-electron chi connectivity index (χ0n) is 18.6. The summed E-state index contributed by atoms with van der Waals surface area (Å²) in [5, 5.41) is 29.3. The van der Waals surface area contributed by atoms with E-state index in [1.165, 1.54) is 0 Å². The van der Waals surface area contributed by atoms with Crippen molar-refractivity contribution < 1.29 is 19.7 Å². The lowest BCUT2D eigenvalue weighted by Gasteiger charge is -2.16. The third-order valence-electron chi connectivity index (χ3n) is 5.07. The van der Waals surface area contributed by atoms with E-state index in [1.807, 2.05) is 37.5 Å². The minimum absolute atomic E-state index is 0.324. The molecule has 3 aromatic rings. The van der Waals surface area contributed by atoms with Gasteiger partial charge >= 0.3 is 0 Å². The Morgan fingerprint density at radius 3 is 2.56 bits per heavy atom. The molecule has 8 heteroatoms. The molecule has 0 bridgehead atoms. The van der Waals surface area contributed by atoms with Crippen molar-refractivity contribution in [3.05, 3.63) is 65.9 Å². The maximum atomic E-state index is 9.72. The van der Waals surface area contributed by atoms with E-state index in [2.05, 4.69) is 27.5 Å². The minimum atomic E-state index is -0.905. The zero-order valence-corrected chi connectivity index (χ0v) is 18.6. The number of benzene rings is 2. The molecule has 0 saturated heterocycles. The number of aliphatic hydroxyl groups is 2. The van der Waals surface area contributed by atoms with Crippen molar-refractivity contribution in [2.75, 3.05) is 47.0 Å². The Kier molecular flexibility index (Phi) is 9.06. The largest absolute Gasteiger partial charge is 0.490 e. The van der Waals surface area contributed by atoms with Gasteiger partial charge < -0.3 is 29.9 Å². The molecular weight excluding hydrogens is 408 g/mol. The number of hydrogen-bond donors (Lipinski definition) is 4. The molecule has 0 saturated carbocycles. The van der Waals surface area contributed by atoms with Crippen LogP contribution < -0.4 is 14.8 Å². The van der Waals surface area contributed by atoms with Gasteiger partial charge in [0.1, 0.15) is 30.8 Å². The quantitative estimate of drug-likeness (QED) is 0.302. The monoisotopic (exact) mass is 440 g/mol. The first-order valence-corrected chi connectivity index (χ1v) is 10.7. The van der Waals surface area contributed by atoms with Crippen LogP contribution in [0.25, 0.3) is 11.3 Å². The lowest BCUT2D eigenvalue weighted by molar-refractivity contribution is 0.0953. The second-order valence-corrected chi connectivity index (χ2v) is 7.59. The van der Waals surface area contributed by atoms with E-state index >= 15 is 0 Å². The van der Waals surface area contributed by atoms with Gasteiger partial charge in [-0.1, -0.05) is 12.1 Å². The molecule has 4 N–H and O–H groups in total. The summed E-state index contributed by atoms with van der Waals surface area (Å²) in [6.07, 6.45) is 1.04. The van der Waals surface area contributed by atoms with E-state index in [4.69, 9.17) is 14.6 Å². The number of nitrogens with one attached hydrogen (secondary N) is 2. The van der Waals surface area contributed by atoms with E-state index in [1.54, 1.807) is 24.3 Å². The summed E-state index contributed by atoms with van der Waals surface area (Å²) in [5.41, 5.74) is 3.75. The molecule has 1 unspecified atom stereocenters. The Balaban J connectivity index is 1.49. The normalized spacial score (nSPS) is 12.2. The predicted octanol–water partition coefficient (Wildman–Crippen LogP) is 2.21. The number of aromatic nitrogens is 2. The van der Waals surface area contributed by atoms with Gasteiger partial charge in [0.25, 0.3) is 0 Å². The summed E-state index contributed by atoms with van der Waals surface area (Å²) >= 11 is 0. The lowest BCUT2D eigenvalue weighted by atomic mass is 10.1. The first kappa shape index (κ1) is 23.7. The lowest BCUT2D eigenvalue weighted by Crippen LogP contribution is -2.26. The smallest absolute Gasteiger partial charge is 0.122 e. The number of likely N-dealkylation sites (N-methyl/N-ethyl adjacent to an activating group) is 2. The van der Waals surface area contributed by atoms with Crippen LogP contribution in [0, 0.1) is 0 Å². The molecule has 0 aliphatic rings. The zero-order chi connectivity index (χ0) is 22.8. The highest BCUT2D eigenvalue weighted by Gasteiger charge is 2.11. The topological polar surface area (TPSA) is 103 Å². The van der Waals surface area contributed by atoms with Gasteiger partial charge in [0, 0.05) is 37.0 Å². The summed E-state index contributed by atoms with van der Waals surface area (Å²) in [6, 6.07) is 14.9. The fraction of sp³-hybridized carbons (Fsp3) is 0.375. The van der Waals surface area contributed by atoms with Crippen LogP contribution in [-0.4, -0.2) is 72.3 Å². The third kappa shape index (κ3) is 6.80. The maximum absolute atomic E-state index is 9.72. The third-order valence-corrected chi connectivity index (χ3v) is 5.07. The summed E-state index contributed by atoms with van der Waals surface area (Å²) in [5.74, 6) is 1.38. The van der Waals surface area contributed by atoms with Crippen molar-refractivity contribution >= 4 is 0 Å². The van der Waals surface area contributed by atoms with Gasteiger partial charge in [-0.25, -0.2) is 0 Å². The highest BCUT2D eigenvalue weighted by atomic mass is 16.5. The number of ether oxygens (including phenoxy) is 2. The van der Waals surface area contributed by atoms with Gasteiger partial charge in [-0.3, -0.25) is 5.10 Å². The summed E-state index contributed by atoms with van der Waals surface area (Å²) < 4.78 is 11.5. The van der Waals surface area contributed by atoms with Crippen LogP contribution in [0.1, 0.15) is 17.2 Å². The fourth-order valence-electron chi connectivity index (χ4n) is 3.30. The van der Waals surface area contributed by atoms with Crippen LogP contribution in [0.4, 0.5) is 0 Å². The van der Waals surface area contributed by atoms with Crippen LogP contribution in [0.15, 0.2) is 54.7 Å². The van der Waals surface area contributed by atoms with E-state index in [0.29, 0.717) is 24.5 Å². The number of rotatable bonds is 13. The van der Waals surface area contributed by atoms with E-state index in [-0.39, 0.29) is 6.61 Å². The van der Waals surface area contributed by atoms with Crippen molar-refractivity contribution in [2.45, 2.75) is 12.6 Å². The van der Waals surface area contributed by atoms with Gasteiger partial charge in [0.05, 0.1) is 12.3 Å². The SMILES string of the molecule is CNCCN(C)Cc1c[nH]nc1-c1ccc(OCCOc2cccc(C(O)CO)c2)cc1. The molecule has 0 aliphatic heterocycles. The standard InChI is InChI=1S/C24H32N4O4/c1-25-10-11-28(2)16-20-15-26-27-24(20)18-6-8-21(9-7-18)31-12-13-32-22-5-3-4-19(14-22)23(30)17-29/h3-9,14-15,23,25,29-30H,10-13,16-17H2,1-2H3,(H,26,27). The Morgan fingerprint density at radius 1 is 1.09 bits per heavy atom. The Morgan fingerprint density at radius 2 is 1.84 bits per heavy atom. The van der Waals surface area contributed by atoms with Crippen molar-refractivity contribution in [1.29, 1.82) is 0 Å². The molecule has 8 nitrogen and oxygen atoms in total. The molecule has 2 aromatic carbocycles. The van der Waals surface area contributed by atoms with Gasteiger partial charge in [-0.15, -0.1) is 0 Å². The van der Waals surface area contributed by atoms with Crippen LogP contribution in [0.2, 0.25) is 0 Å². The molecule has 172 valence electrons. The van der Waals surface area contributed by atoms with Crippen LogP contribution in [-0.2, 0) is 6.54 Å². The highest BCUT2D eigenvalue weighted by Crippen LogP contribution is 2.25. The molecular formula is C24H32N4O4. The fourth-order valence-corrected chi connectivity index (χ4v) is 3.30. The first-order valence-electron chi connectivity index (χ1n) is 10.7. The van der Waals surface area contributed by atoms with Crippen molar-refractivity contribution in [3.63, 3.8) is 0 Å². The van der Waals surface area contributed by atoms with Crippen LogP contribution >= 0.6 is 0 Å². The van der Waals surface area contributed by atoms with Gasteiger partial charge in [-0.2, -0.15) is 5.10 Å². The first-order chi connectivity index (χ1) is 15.6. The number of nitrogens with zero attached hydrogens (tertiary/aromatic N) is 2. The van der Waals surface area contributed by atoms with Crippen molar-refractivity contribution in [1.82, 2.24) is 20.4 Å². The van der Waals surface area contributed by atoms with Crippen molar-refractivity contribution in [2.24, 2.45) is 0 Å². The molecule has 32 heavy (non-hydrogen) atoms. The average Bonchev–Trinajstić information content (AvgIpc) is 3.28. The second-order valence-electron chi connectivity index (χ2n) is 7.59. The molecule has 0 amide bonds. The van der Waals surface area contributed by atoms with Crippen LogP contribution in [0.5, 0.6) is 11.5 Å². The molecule has 0 spiro atoms. The number of hydrogen-bond acceptors (Lipinski definition) is 7. The second kappa shape index (κ2) is 12.2. The summed E-state index contributed by atoms with van der Waals surface area (Å²) in [4.78, 5) is 2.25. The highest BCUT2D eigenvalue weighted by molar-refractivity contribution is 5.63. The van der Waals surface area contributed by atoms with E-state index in [0.717, 1.165) is 42.2 Å². The van der Waals surface area contributed by atoms with Gasteiger partial charge in [0.15, 0.2) is 0 Å². The Hall–Kier alpha value is -2.91. The Bertz CT molecular complexity index is 945. The molecule has 1 heterocycles. The molecule has 0 fully saturated rings. The van der Waals surface area contributed by atoms with Crippen molar-refractivity contribution in [3.8, 4) is 22.8 Å². The molecule has 0 aliphatic carbocycles. The number of aliphatic hydroxyl groups excluding tert-OH is 2. The number of aromatic amines is 1. The Labute approximate surface area is 188 Å². The summed E-state index contributed by atoms with van der Waals surface area (Å²) in [7, 11) is 4.05. The van der Waals surface area contributed by atoms with Gasteiger partial charge in [-0.05, 0) is 56.1 Å². The number of H-pyrrole nitrogens is 1. The predicted molar refractivity (Wildman–Crippen MR) is 124 cm³/mol. The molecule has 1 aromatic heterocycles. The van der Waals surface area contributed by atoms with E-state index < -0.39 is 6.10 Å². The van der Waals surface area contributed by atoms with Crippen LogP contribution in [0.3, 0.4) is 0 Å². The molecule has 0 radical (unpaired) electrons.